The van der Waals surface area contributed by atoms with E-state index in [1.807, 2.05) is 48.5 Å². The molecule has 0 saturated carbocycles. The van der Waals surface area contributed by atoms with E-state index in [9.17, 15) is 4.79 Å². The fourth-order valence-electron chi connectivity index (χ4n) is 3.18. The van der Waals surface area contributed by atoms with Gasteiger partial charge in [0.15, 0.2) is 0 Å². The molecular weight excluding hydrogens is 310 g/mol. The number of piperidine rings is 1. The van der Waals surface area contributed by atoms with E-state index in [0.29, 0.717) is 12.5 Å². The summed E-state index contributed by atoms with van der Waals surface area (Å²) in [7, 11) is 2.16. The Kier molecular flexibility index (Phi) is 5.71. The molecule has 0 unspecified atom stereocenters. The van der Waals surface area contributed by atoms with Gasteiger partial charge in [0.2, 0.25) is 5.91 Å². The number of likely N-dealkylation sites (tertiary alicyclic amines) is 1. The Morgan fingerprint density at radius 2 is 1.68 bits per heavy atom. The molecule has 2 aromatic carbocycles. The molecule has 0 spiro atoms. The number of anilines is 2. The molecule has 4 nitrogen and oxygen atoms in total. The third-order valence-electron chi connectivity index (χ3n) is 4.76. The Labute approximate surface area is 150 Å². The van der Waals surface area contributed by atoms with Crippen LogP contribution in [-0.2, 0) is 11.2 Å². The van der Waals surface area contributed by atoms with Gasteiger partial charge in [0.05, 0.1) is 17.8 Å². The van der Waals surface area contributed by atoms with Crippen LogP contribution >= 0.6 is 0 Å². The van der Waals surface area contributed by atoms with Gasteiger partial charge in [0, 0.05) is 6.04 Å². The summed E-state index contributed by atoms with van der Waals surface area (Å²) in [5, 5.41) is 6.67. The second-order valence-corrected chi connectivity index (χ2v) is 6.98. The summed E-state index contributed by atoms with van der Waals surface area (Å²) in [6.07, 6.45) is 2.65. The fraction of sp³-hybridized carbons (Fsp3) is 0.381. The van der Waals surface area contributed by atoms with Crippen molar-refractivity contribution < 1.29 is 4.79 Å². The van der Waals surface area contributed by atoms with E-state index >= 15 is 0 Å². The van der Waals surface area contributed by atoms with Crippen LogP contribution in [0.4, 0.5) is 11.4 Å². The third kappa shape index (κ3) is 5.07. The zero-order valence-electron chi connectivity index (χ0n) is 15.1. The lowest BCUT2D eigenvalue weighted by molar-refractivity contribution is -0.115. The van der Waals surface area contributed by atoms with Crippen LogP contribution in [0, 0.1) is 6.92 Å². The maximum atomic E-state index is 12.4. The molecule has 0 aromatic heterocycles. The number of hydrogen-bond acceptors (Lipinski definition) is 3. The van der Waals surface area contributed by atoms with Crippen molar-refractivity contribution in [2.75, 3.05) is 30.8 Å². The Bertz CT molecular complexity index is 703. The van der Waals surface area contributed by atoms with Crippen molar-refractivity contribution in [1.82, 2.24) is 4.90 Å². The molecule has 1 fully saturated rings. The van der Waals surface area contributed by atoms with E-state index in [-0.39, 0.29) is 5.91 Å². The van der Waals surface area contributed by atoms with E-state index in [1.54, 1.807) is 0 Å². The van der Waals surface area contributed by atoms with Crippen LogP contribution in [0.5, 0.6) is 0 Å². The molecule has 1 amide bonds. The Hall–Kier alpha value is -2.33. The zero-order valence-corrected chi connectivity index (χ0v) is 15.1. The topological polar surface area (TPSA) is 44.4 Å². The van der Waals surface area contributed by atoms with Crippen molar-refractivity contribution in [2.45, 2.75) is 32.2 Å². The van der Waals surface area contributed by atoms with E-state index in [0.717, 1.165) is 42.9 Å². The third-order valence-corrected chi connectivity index (χ3v) is 4.76. The second kappa shape index (κ2) is 8.17. The van der Waals surface area contributed by atoms with Crippen molar-refractivity contribution in [3.8, 4) is 0 Å². The maximum absolute atomic E-state index is 12.4. The molecule has 25 heavy (non-hydrogen) atoms. The van der Waals surface area contributed by atoms with Crippen molar-refractivity contribution in [1.29, 1.82) is 0 Å². The lowest BCUT2D eigenvalue weighted by atomic mass is 10.0. The average molecular weight is 337 g/mol. The molecule has 0 radical (unpaired) electrons. The van der Waals surface area contributed by atoms with Crippen molar-refractivity contribution in [3.63, 3.8) is 0 Å². The van der Waals surface area contributed by atoms with Gasteiger partial charge in [-0.1, -0.05) is 42.0 Å². The quantitative estimate of drug-likeness (QED) is 0.875. The number of carbonyl (C=O) groups is 1. The number of hydrogen-bond donors (Lipinski definition) is 2. The summed E-state index contributed by atoms with van der Waals surface area (Å²) in [4.78, 5) is 14.8. The average Bonchev–Trinajstić information content (AvgIpc) is 2.61. The van der Waals surface area contributed by atoms with Gasteiger partial charge in [0.1, 0.15) is 0 Å². The van der Waals surface area contributed by atoms with Gasteiger partial charge < -0.3 is 15.5 Å². The van der Waals surface area contributed by atoms with Crippen molar-refractivity contribution in [3.05, 3.63) is 59.7 Å². The molecule has 0 atom stereocenters. The lowest BCUT2D eigenvalue weighted by Crippen LogP contribution is -2.36. The summed E-state index contributed by atoms with van der Waals surface area (Å²) >= 11 is 0. The number of carbonyl (C=O) groups excluding carboxylic acids is 1. The van der Waals surface area contributed by atoms with Crippen LogP contribution in [0.25, 0.3) is 0 Å². The van der Waals surface area contributed by atoms with E-state index in [2.05, 4.69) is 29.5 Å². The summed E-state index contributed by atoms with van der Waals surface area (Å²) < 4.78 is 0. The van der Waals surface area contributed by atoms with Gasteiger partial charge in [-0.3, -0.25) is 4.79 Å². The predicted octanol–water partition coefficient (Wildman–Crippen LogP) is 3.68. The summed E-state index contributed by atoms with van der Waals surface area (Å²) in [6, 6.07) is 16.5. The molecule has 1 saturated heterocycles. The summed E-state index contributed by atoms with van der Waals surface area (Å²) in [5.74, 6) is 0.0153. The minimum absolute atomic E-state index is 0.0153. The van der Waals surface area contributed by atoms with Gasteiger partial charge in [-0.05, 0) is 57.6 Å². The molecule has 1 aliphatic heterocycles. The molecule has 0 aliphatic carbocycles. The highest BCUT2D eigenvalue weighted by Crippen LogP contribution is 2.24. The van der Waals surface area contributed by atoms with Crippen LogP contribution in [-0.4, -0.2) is 37.0 Å². The summed E-state index contributed by atoms with van der Waals surface area (Å²) in [5.41, 5.74) is 4.11. The second-order valence-electron chi connectivity index (χ2n) is 6.98. The van der Waals surface area contributed by atoms with Crippen LogP contribution < -0.4 is 10.6 Å². The molecule has 1 aliphatic rings. The van der Waals surface area contributed by atoms with Gasteiger partial charge >= 0.3 is 0 Å². The largest absolute Gasteiger partial charge is 0.381 e. The molecular formula is C21H27N3O. The Balaban J connectivity index is 1.62. The molecule has 1 heterocycles. The van der Waals surface area contributed by atoms with Crippen molar-refractivity contribution in [2.24, 2.45) is 0 Å². The maximum Gasteiger partial charge on any atom is 0.228 e. The smallest absolute Gasteiger partial charge is 0.228 e. The van der Waals surface area contributed by atoms with Gasteiger partial charge in [-0.15, -0.1) is 0 Å². The first-order valence-corrected chi connectivity index (χ1v) is 8.99. The van der Waals surface area contributed by atoms with Gasteiger partial charge in [-0.2, -0.15) is 0 Å². The molecule has 3 rings (SSSR count). The monoisotopic (exact) mass is 337 g/mol. The van der Waals surface area contributed by atoms with Gasteiger partial charge in [-0.25, -0.2) is 0 Å². The number of para-hydroxylation sites is 2. The molecule has 4 heteroatoms. The van der Waals surface area contributed by atoms with Crippen LogP contribution in [0.3, 0.4) is 0 Å². The minimum atomic E-state index is 0.0153. The van der Waals surface area contributed by atoms with E-state index in [4.69, 9.17) is 0 Å². The number of rotatable bonds is 5. The number of aryl methyl sites for hydroxylation is 1. The molecule has 132 valence electrons. The SMILES string of the molecule is Cc1ccc(CC(=O)Nc2ccccc2NC2CCN(C)CC2)cc1. The fourth-order valence-corrected chi connectivity index (χ4v) is 3.18. The van der Waals surface area contributed by atoms with Gasteiger partial charge in [0.25, 0.3) is 0 Å². The highest BCUT2D eigenvalue weighted by molar-refractivity contribution is 5.95. The first kappa shape index (κ1) is 17.5. The number of amides is 1. The standard InChI is InChI=1S/C21H27N3O/c1-16-7-9-17(10-8-16)15-21(25)23-20-6-4-3-5-19(20)22-18-11-13-24(2)14-12-18/h3-10,18,22H,11-15H2,1-2H3,(H,23,25). The van der Waals surface area contributed by atoms with E-state index in [1.165, 1.54) is 5.56 Å². The van der Waals surface area contributed by atoms with Crippen LogP contribution in [0.2, 0.25) is 0 Å². The highest BCUT2D eigenvalue weighted by Gasteiger charge is 2.17. The number of benzene rings is 2. The predicted molar refractivity (Wildman–Crippen MR) is 104 cm³/mol. The first-order chi connectivity index (χ1) is 12.1. The lowest BCUT2D eigenvalue weighted by Gasteiger charge is -2.30. The Morgan fingerprint density at radius 3 is 2.36 bits per heavy atom. The number of nitrogens with one attached hydrogen (secondary N) is 2. The van der Waals surface area contributed by atoms with Crippen LogP contribution in [0.1, 0.15) is 24.0 Å². The number of nitrogens with zero attached hydrogens (tertiary/aromatic N) is 1. The molecule has 2 aromatic rings. The normalized spacial score (nSPS) is 15.8. The van der Waals surface area contributed by atoms with Crippen LogP contribution in [0.15, 0.2) is 48.5 Å². The minimum Gasteiger partial charge on any atom is -0.381 e. The zero-order chi connectivity index (χ0) is 17.6. The highest BCUT2D eigenvalue weighted by atomic mass is 16.1. The molecule has 2 N–H and O–H groups in total. The first-order valence-electron chi connectivity index (χ1n) is 8.99. The van der Waals surface area contributed by atoms with Crippen molar-refractivity contribution >= 4 is 17.3 Å². The molecule has 0 bridgehead atoms. The van der Waals surface area contributed by atoms with E-state index < -0.39 is 0 Å². The Morgan fingerprint density at radius 1 is 1.04 bits per heavy atom. The summed E-state index contributed by atoms with van der Waals surface area (Å²) in [6.45, 7) is 4.27.